The highest BCUT2D eigenvalue weighted by molar-refractivity contribution is 5.89. The van der Waals surface area contributed by atoms with Crippen LogP contribution in [-0.2, 0) is 16.1 Å². The first-order valence-electron chi connectivity index (χ1n) is 6.47. The van der Waals surface area contributed by atoms with Crippen molar-refractivity contribution in [3.05, 3.63) is 30.1 Å². The molecule has 0 spiro atoms. The smallest absolute Gasteiger partial charge is 0.307 e. The van der Waals surface area contributed by atoms with Crippen molar-refractivity contribution in [3.63, 3.8) is 0 Å². The molecular formula is C14H15N3O3. The number of nitrogens with one attached hydrogen (secondary N) is 1. The number of nitrogens with zero attached hydrogens (tertiary/aromatic N) is 2. The SMILES string of the molecule is CN(Cc1nc2ccccc2[nH]1)C(=O)C1CC1C(=O)O. The second kappa shape index (κ2) is 4.63. The summed E-state index contributed by atoms with van der Waals surface area (Å²) in [6, 6.07) is 7.65. The predicted octanol–water partition coefficient (Wildman–Crippen LogP) is 1.24. The van der Waals surface area contributed by atoms with E-state index in [0.29, 0.717) is 18.8 Å². The minimum atomic E-state index is -0.888. The number of carboxylic acids is 1. The maximum absolute atomic E-state index is 12.1. The van der Waals surface area contributed by atoms with Gasteiger partial charge in [-0.15, -0.1) is 0 Å². The predicted molar refractivity (Wildman–Crippen MR) is 71.8 cm³/mol. The number of aliphatic carboxylic acids is 1. The number of carbonyl (C=O) groups is 2. The van der Waals surface area contributed by atoms with E-state index in [0.717, 1.165) is 11.0 Å². The van der Waals surface area contributed by atoms with Gasteiger partial charge in [0.1, 0.15) is 5.82 Å². The summed E-state index contributed by atoms with van der Waals surface area (Å²) in [5, 5.41) is 8.85. The van der Waals surface area contributed by atoms with Gasteiger partial charge in [0.05, 0.1) is 29.4 Å². The highest BCUT2D eigenvalue weighted by Gasteiger charge is 2.49. The Morgan fingerprint density at radius 2 is 2.15 bits per heavy atom. The average molecular weight is 273 g/mol. The van der Waals surface area contributed by atoms with Crippen molar-refractivity contribution in [1.82, 2.24) is 14.9 Å². The van der Waals surface area contributed by atoms with Crippen molar-refractivity contribution in [2.24, 2.45) is 11.8 Å². The van der Waals surface area contributed by atoms with E-state index in [-0.39, 0.29) is 11.8 Å². The van der Waals surface area contributed by atoms with Gasteiger partial charge >= 0.3 is 5.97 Å². The van der Waals surface area contributed by atoms with Crippen LogP contribution in [0.4, 0.5) is 0 Å². The van der Waals surface area contributed by atoms with Crippen LogP contribution in [0.1, 0.15) is 12.2 Å². The monoisotopic (exact) mass is 273 g/mol. The van der Waals surface area contributed by atoms with Crippen LogP contribution < -0.4 is 0 Å². The molecule has 6 nitrogen and oxygen atoms in total. The molecule has 1 amide bonds. The third-order valence-electron chi connectivity index (χ3n) is 3.63. The molecular weight excluding hydrogens is 258 g/mol. The zero-order chi connectivity index (χ0) is 14.3. The molecule has 104 valence electrons. The molecule has 0 radical (unpaired) electrons. The first kappa shape index (κ1) is 12.7. The van der Waals surface area contributed by atoms with E-state index in [2.05, 4.69) is 9.97 Å². The van der Waals surface area contributed by atoms with Crippen LogP contribution in [0.25, 0.3) is 11.0 Å². The van der Waals surface area contributed by atoms with Gasteiger partial charge in [0.15, 0.2) is 0 Å². The number of amides is 1. The van der Waals surface area contributed by atoms with Crippen LogP contribution in [0, 0.1) is 11.8 Å². The summed E-state index contributed by atoms with van der Waals surface area (Å²) in [7, 11) is 1.67. The second-order valence-electron chi connectivity index (χ2n) is 5.18. The highest BCUT2D eigenvalue weighted by Crippen LogP contribution is 2.40. The molecule has 0 aliphatic heterocycles. The molecule has 0 saturated heterocycles. The van der Waals surface area contributed by atoms with Gasteiger partial charge in [-0.1, -0.05) is 12.1 Å². The van der Waals surface area contributed by atoms with Gasteiger partial charge in [0.25, 0.3) is 0 Å². The number of carbonyl (C=O) groups excluding carboxylic acids is 1. The summed E-state index contributed by atoms with van der Waals surface area (Å²) >= 11 is 0. The fourth-order valence-corrected chi connectivity index (χ4v) is 2.41. The lowest BCUT2D eigenvalue weighted by molar-refractivity contribution is -0.141. The van der Waals surface area contributed by atoms with Crippen molar-refractivity contribution in [2.75, 3.05) is 7.05 Å². The molecule has 20 heavy (non-hydrogen) atoms. The van der Waals surface area contributed by atoms with Gasteiger partial charge in [-0.3, -0.25) is 9.59 Å². The molecule has 2 N–H and O–H groups in total. The van der Waals surface area contributed by atoms with Crippen molar-refractivity contribution in [3.8, 4) is 0 Å². The Morgan fingerprint density at radius 3 is 2.80 bits per heavy atom. The number of aromatic amines is 1. The number of para-hydroxylation sites is 2. The molecule has 1 aromatic carbocycles. The van der Waals surface area contributed by atoms with E-state index in [1.54, 1.807) is 7.05 Å². The molecule has 6 heteroatoms. The third kappa shape index (κ3) is 2.24. The molecule has 2 atom stereocenters. The van der Waals surface area contributed by atoms with Gasteiger partial charge < -0.3 is 15.0 Å². The fourth-order valence-electron chi connectivity index (χ4n) is 2.41. The second-order valence-corrected chi connectivity index (χ2v) is 5.18. The lowest BCUT2D eigenvalue weighted by Gasteiger charge is -2.15. The van der Waals surface area contributed by atoms with E-state index in [1.807, 2.05) is 24.3 Å². The lowest BCUT2D eigenvalue weighted by atomic mass is 10.3. The van der Waals surface area contributed by atoms with Crippen LogP contribution in [0.2, 0.25) is 0 Å². The number of hydrogen-bond donors (Lipinski definition) is 2. The minimum Gasteiger partial charge on any atom is -0.481 e. The molecule has 2 aromatic rings. The summed E-state index contributed by atoms with van der Waals surface area (Å²) in [5.74, 6) is -1.20. The molecule has 2 unspecified atom stereocenters. The first-order chi connectivity index (χ1) is 9.56. The zero-order valence-corrected chi connectivity index (χ0v) is 11.0. The number of carboxylic acid groups (broad SMARTS) is 1. The summed E-state index contributed by atoms with van der Waals surface area (Å²) in [6.45, 7) is 0.357. The Balaban J connectivity index is 1.68. The van der Waals surface area contributed by atoms with Gasteiger partial charge in [-0.05, 0) is 18.6 Å². The maximum Gasteiger partial charge on any atom is 0.307 e. The molecule has 1 heterocycles. The van der Waals surface area contributed by atoms with Gasteiger partial charge in [0, 0.05) is 7.05 Å². The Bertz CT molecular complexity index is 646. The standard InChI is InChI=1S/C14H15N3O3/c1-17(13(18)8-6-9(8)14(19)20)7-12-15-10-4-2-3-5-11(10)16-12/h2-5,8-9H,6-7H2,1H3,(H,15,16)(H,19,20). The van der Waals surface area contributed by atoms with Crippen molar-refractivity contribution < 1.29 is 14.7 Å². The Kier molecular flexibility index (Phi) is 2.93. The Hall–Kier alpha value is -2.37. The Morgan fingerprint density at radius 1 is 1.40 bits per heavy atom. The topological polar surface area (TPSA) is 86.3 Å². The van der Waals surface area contributed by atoms with Crippen LogP contribution in [0.3, 0.4) is 0 Å². The maximum atomic E-state index is 12.1. The van der Waals surface area contributed by atoms with Gasteiger partial charge in [-0.25, -0.2) is 4.98 Å². The number of hydrogen-bond acceptors (Lipinski definition) is 3. The van der Waals surface area contributed by atoms with Crippen LogP contribution in [0.15, 0.2) is 24.3 Å². The lowest BCUT2D eigenvalue weighted by Crippen LogP contribution is -2.29. The van der Waals surface area contributed by atoms with E-state index >= 15 is 0 Å². The number of rotatable bonds is 4. The van der Waals surface area contributed by atoms with E-state index in [4.69, 9.17) is 5.11 Å². The summed E-state index contributed by atoms with van der Waals surface area (Å²) in [4.78, 5) is 31.9. The van der Waals surface area contributed by atoms with Crippen molar-refractivity contribution >= 4 is 22.9 Å². The van der Waals surface area contributed by atoms with Crippen LogP contribution >= 0.6 is 0 Å². The zero-order valence-electron chi connectivity index (χ0n) is 11.0. The third-order valence-corrected chi connectivity index (χ3v) is 3.63. The molecule has 0 bridgehead atoms. The molecule has 3 rings (SSSR count). The molecule has 1 aromatic heterocycles. The van der Waals surface area contributed by atoms with Crippen molar-refractivity contribution in [2.45, 2.75) is 13.0 Å². The van der Waals surface area contributed by atoms with Gasteiger partial charge in [-0.2, -0.15) is 0 Å². The molecule has 1 aliphatic carbocycles. The quantitative estimate of drug-likeness (QED) is 0.877. The number of H-pyrrole nitrogens is 1. The highest BCUT2D eigenvalue weighted by atomic mass is 16.4. The fraction of sp³-hybridized carbons (Fsp3) is 0.357. The number of fused-ring (bicyclic) bond motifs is 1. The normalized spacial score (nSPS) is 20.9. The Labute approximate surface area is 115 Å². The van der Waals surface area contributed by atoms with Gasteiger partial charge in [0.2, 0.25) is 5.91 Å². The number of benzene rings is 1. The average Bonchev–Trinajstić information content (AvgIpc) is 3.12. The van der Waals surface area contributed by atoms with E-state index in [1.165, 1.54) is 4.90 Å². The molecule has 1 saturated carbocycles. The van der Waals surface area contributed by atoms with Crippen LogP contribution in [0.5, 0.6) is 0 Å². The number of aromatic nitrogens is 2. The molecule has 1 fully saturated rings. The largest absolute Gasteiger partial charge is 0.481 e. The first-order valence-corrected chi connectivity index (χ1v) is 6.47. The molecule has 1 aliphatic rings. The summed E-state index contributed by atoms with van der Waals surface area (Å²) in [6.07, 6.45) is 0.443. The van der Waals surface area contributed by atoms with E-state index in [9.17, 15) is 9.59 Å². The van der Waals surface area contributed by atoms with E-state index < -0.39 is 11.9 Å². The summed E-state index contributed by atoms with van der Waals surface area (Å²) < 4.78 is 0. The van der Waals surface area contributed by atoms with Crippen molar-refractivity contribution in [1.29, 1.82) is 0 Å². The van der Waals surface area contributed by atoms with Crippen LogP contribution in [-0.4, -0.2) is 38.9 Å². The minimum absolute atomic E-state index is 0.127. The summed E-state index contributed by atoms with van der Waals surface area (Å²) in [5.41, 5.74) is 1.79. The number of imidazole rings is 1.